The minimum atomic E-state index is 0.738. The Kier molecular flexibility index (Phi) is 7.69. The van der Waals surface area contributed by atoms with Crippen LogP contribution in [0.3, 0.4) is 0 Å². The van der Waals surface area contributed by atoms with Gasteiger partial charge < -0.3 is 10.6 Å². The molecule has 1 aliphatic carbocycles. The van der Waals surface area contributed by atoms with Gasteiger partial charge in [0.15, 0.2) is 5.96 Å². The van der Waals surface area contributed by atoms with Gasteiger partial charge in [0.25, 0.3) is 0 Å². The molecule has 0 spiro atoms. The topological polar surface area (TPSA) is 67.1 Å². The van der Waals surface area contributed by atoms with Crippen LogP contribution in [0.1, 0.15) is 56.1 Å². The zero-order chi connectivity index (χ0) is 18.7. The summed E-state index contributed by atoms with van der Waals surface area (Å²) in [7, 11) is 1.83. The molecular weight excluding hydrogens is 336 g/mol. The standard InChI is InChI=1S/C21H32N6/c1-22-21(24-12-6-11-18-7-3-2-4-8-18)25-14-19-9-5-10-20(13-19)15-27-17-23-16-26-27/h5,9-10,13,16-18H,2-4,6-8,11-12,14-15H2,1H3,(H2,22,24,25). The molecule has 0 radical (unpaired) electrons. The van der Waals surface area contributed by atoms with Gasteiger partial charge >= 0.3 is 0 Å². The van der Waals surface area contributed by atoms with Crippen LogP contribution in [0.15, 0.2) is 41.9 Å². The lowest BCUT2D eigenvalue weighted by molar-refractivity contribution is 0.332. The van der Waals surface area contributed by atoms with Gasteiger partial charge in [-0.25, -0.2) is 9.67 Å². The van der Waals surface area contributed by atoms with Gasteiger partial charge in [-0.05, 0) is 29.9 Å². The smallest absolute Gasteiger partial charge is 0.191 e. The van der Waals surface area contributed by atoms with Crippen LogP contribution >= 0.6 is 0 Å². The van der Waals surface area contributed by atoms with Crippen LogP contribution in [0.4, 0.5) is 0 Å². The van der Waals surface area contributed by atoms with Crippen molar-refractivity contribution in [3.63, 3.8) is 0 Å². The van der Waals surface area contributed by atoms with E-state index in [0.29, 0.717) is 0 Å². The van der Waals surface area contributed by atoms with E-state index in [9.17, 15) is 0 Å². The molecule has 1 heterocycles. The lowest BCUT2D eigenvalue weighted by Crippen LogP contribution is -2.37. The van der Waals surface area contributed by atoms with Crippen molar-refractivity contribution in [2.75, 3.05) is 13.6 Å². The Labute approximate surface area is 162 Å². The van der Waals surface area contributed by atoms with Gasteiger partial charge in [-0.1, -0.05) is 56.4 Å². The summed E-state index contributed by atoms with van der Waals surface area (Å²) in [5, 5.41) is 11.0. The number of aromatic nitrogens is 3. The lowest BCUT2D eigenvalue weighted by Gasteiger charge is -2.21. The SMILES string of the molecule is CN=C(NCCCC1CCCCC1)NCc1cccc(Cn2cncn2)c1. The summed E-state index contributed by atoms with van der Waals surface area (Å²) in [6.07, 6.45) is 13.0. The number of guanidine groups is 1. The fourth-order valence-electron chi connectivity index (χ4n) is 3.82. The third kappa shape index (κ3) is 6.70. The Morgan fingerprint density at radius 1 is 1.19 bits per heavy atom. The molecule has 2 N–H and O–H groups in total. The van der Waals surface area contributed by atoms with E-state index in [1.807, 2.05) is 11.7 Å². The first kappa shape index (κ1) is 19.4. The highest BCUT2D eigenvalue weighted by Gasteiger charge is 2.12. The monoisotopic (exact) mass is 368 g/mol. The number of aliphatic imine (C=N–C) groups is 1. The summed E-state index contributed by atoms with van der Waals surface area (Å²) < 4.78 is 1.83. The van der Waals surface area contributed by atoms with Gasteiger partial charge in [0.05, 0.1) is 6.54 Å². The van der Waals surface area contributed by atoms with Crippen molar-refractivity contribution in [3.05, 3.63) is 48.0 Å². The molecule has 27 heavy (non-hydrogen) atoms. The van der Waals surface area contributed by atoms with E-state index < -0.39 is 0 Å². The second-order valence-electron chi connectivity index (χ2n) is 7.41. The van der Waals surface area contributed by atoms with E-state index in [0.717, 1.165) is 31.5 Å². The Morgan fingerprint density at radius 2 is 2.04 bits per heavy atom. The highest BCUT2D eigenvalue weighted by molar-refractivity contribution is 5.79. The average molecular weight is 369 g/mol. The van der Waals surface area contributed by atoms with Crippen molar-refractivity contribution in [2.24, 2.45) is 10.9 Å². The summed E-state index contributed by atoms with van der Waals surface area (Å²) in [4.78, 5) is 8.33. The quantitative estimate of drug-likeness (QED) is 0.426. The molecule has 3 rings (SSSR count). The van der Waals surface area contributed by atoms with Crippen LogP contribution in [0.2, 0.25) is 0 Å². The predicted molar refractivity (Wildman–Crippen MR) is 110 cm³/mol. The van der Waals surface area contributed by atoms with E-state index in [-0.39, 0.29) is 0 Å². The molecular formula is C21H32N6. The zero-order valence-corrected chi connectivity index (χ0v) is 16.4. The highest BCUT2D eigenvalue weighted by atomic mass is 15.3. The molecule has 1 aliphatic rings. The fraction of sp³-hybridized carbons (Fsp3) is 0.571. The molecule has 1 aromatic heterocycles. The van der Waals surface area contributed by atoms with Crippen LogP contribution in [-0.4, -0.2) is 34.3 Å². The van der Waals surface area contributed by atoms with E-state index in [1.165, 1.54) is 56.1 Å². The van der Waals surface area contributed by atoms with E-state index in [4.69, 9.17) is 0 Å². The first-order valence-corrected chi connectivity index (χ1v) is 10.2. The summed E-state index contributed by atoms with van der Waals surface area (Å²) in [6, 6.07) is 8.53. The molecule has 0 bridgehead atoms. The van der Waals surface area contributed by atoms with E-state index in [2.05, 4.69) is 50.0 Å². The van der Waals surface area contributed by atoms with Crippen LogP contribution in [0, 0.1) is 5.92 Å². The molecule has 6 nitrogen and oxygen atoms in total. The first-order chi connectivity index (χ1) is 13.3. The van der Waals surface area contributed by atoms with Gasteiger partial charge in [0.1, 0.15) is 12.7 Å². The third-order valence-corrected chi connectivity index (χ3v) is 5.29. The normalized spacial score (nSPS) is 15.7. The maximum absolute atomic E-state index is 4.34. The second-order valence-corrected chi connectivity index (χ2v) is 7.41. The maximum Gasteiger partial charge on any atom is 0.191 e. The highest BCUT2D eigenvalue weighted by Crippen LogP contribution is 2.26. The van der Waals surface area contributed by atoms with Crippen LogP contribution in [0.5, 0.6) is 0 Å². The number of nitrogens with zero attached hydrogens (tertiary/aromatic N) is 4. The lowest BCUT2D eigenvalue weighted by atomic mass is 9.86. The average Bonchev–Trinajstić information content (AvgIpc) is 3.21. The minimum Gasteiger partial charge on any atom is -0.356 e. The Bertz CT molecular complexity index is 688. The van der Waals surface area contributed by atoms with Crippen molar-refractivity contribution < 1.29 is 0 Å². The van der Waals surface area contributed by atoms with Crippen molar-refractivity contribution >= 4 is 5.96 Å². The Hall–Kier alpha value is -2.37. The van der Waals surface area contributed by atoms with Crippen LogP contribution < -0.4 is 10.6 Å². The summed E-state index contributed by atoms with van der Waals surface area (Å²) >= 11 is 0. The number of benzene rings is 1. The first-order valence-electron chi connectivity index (χ1n) is 10.2. The van der Waals surface area contributed by atoms with Crippen LogP contribution in [0.25, 0.3) is 0 Å². The van der Waals surface area contributed by atoms with Crippen molar-refractivity contribution in [1.29, 1.82) is 0 Å². The van der Waals surface area contributed by atoms with Gasteiger partial charge in [0.2, 0.25) is 0 Å². The Morgan fingerprint density at radius 3 is 2.81 bits per heavy atom. The molecule has 6 heteroatoms. The Balaban J connectivity index is 1.38. The van der Waals surface area contributed by atoms with Gasteiger partial charge in [-0.3, -0.25) is 4.99 Å². The number of hydrogen-bond donors (Lipinski definition) is 2. The molecule has 0 unspecified atom stereocenters. The predicted octanol–water partition coefficient (Wildman–Crippen LogP) is 3.35. The third-order valence-electron chi connectivity index (χ3n) is 5.29. The summed E-state index contributed by atoms with van der Waals surface area (Å²) in [5.74, 6) is 1.82. The fourth-order valence-corrected chi connectivity index (χ4v) is 3.82. The van der Waals surface area contributed by atoms with E-state index in [1.54, 1.807) is 12.7 Å². The summed E-state index contributed by atoms with van der Waals surface area (Å²) in [5.41, 5.74) is 2.45. The van der Waals surface area contributed by atoms with Crippen molar-refractivity contribution in [2.45, 2.75) is 58.0 Å². The largest absolute Gasteiger partial charge is 0.356 e. The second kappa shape index (κ2) is 10.7. The van der Waals surface area contributed by atoms with Gasteiger partial charge in [-0.15, -0.1) is 0 Å². The number of nitrogens with one attached hydrogen (secondary N) is 2. The summed E-state index contributed by atoms with van der Waals surface area (Å²) in [6.45, 7) is 2.48. The molecule has 0 aliphatic heterocycles. The van der Waals surface area contributed by atoms with E-state index >= 15 is 0 Å². The molecule has 0 atom stereocenters. The molecule has 1 fully saturated rings. The molecule has 2 aromatic rings. The number of hydrogen-bond acceptors (Lipinski definition) is 3. The minimum absolute atomic E-state index is 0.738. The van der Waals surface area contributed by atoms with Crippen LogP contribution in [-0.2, 0) is 13.1 Å². The molecule has 146 valence electrons. The number of rotatable bonds is 8. The van der Waals surface area contributed by atoms with Gasteiger partial charge in [-0.2, -0.15) is 5.10 Å². The molecule has 1 saturated carbocycles. The molecule has 1 aromatic carbocycles. The molecule has 0 amide bonds. The van der Waals surface area contributed by atoms with Gasteiger partial charge in [0, 0.05) is 20.1 Å². The van der Waals surface area contributed by atoms with Crippen molar-refractivity contribution in [3.8, 4) is 0 Å². The zero-order valence-electron chi connectivity index (χ0n) is 16.4. The molecule has 0 saturated heterocycles. The maximum atomic E-state index is 4.34. The van der Waals surface area contributed by atoms with Crippen molar-refractivity contribution in [1.82, 2.24) is 25.4 Å².